The first-order valence-electron chi connectivity index (χ1n) is 4.89. The Morgan fingerprint density at radius 1 is 1.42 bits per heavy atom. The largest absolute Gasteiger partial charge is 0.415 e. The lowest BCUT2D eigenvalue weighted by atomic mass is 9.91. The Morgan fingerprint density at radius 3 is 2.58 bits per heavy atom. The molecule has 0 N–H and O–H groups in total. The molecule has 2 heteroatoms. The summed E-state index contributed by atoms with van der Waals surface area (Å²) in [5, 5.41) is 0. The Bertz CT molecular complexity index is 130. The molecule has 1 nitrogen and oxygen atoms in total. The van der Waals surface area contributed by atoms with Crippen LogP contribution in [0.1, 0.15) is 32.1 Å². The molecule has 0 saturated heterocycles. The van der Waals surface area contributed by atoms with Gasteiger partial charge in [0.05, 0.1) is 0 Å². The highest BCUT2D eigenvalue weighted by molar-refractivity contribution is 6.57. The van der Waals surface area contributed by atoms with Crippen molar-refractivity contribution >= 4 is 9.04 Å². The average molecular weight is 183 g/mol. The van der Waals surface area contributed by atoms with Gasteiger partial charge in [-0.3, -0.25) is 0 Å². The van der Waals surface area contributed by atoms with Gasteiger partial charge in [-0.1, -0.05) is 37.8 Å². The Morgan fingerprint density at radius 2 is 2.08 bits per heavy atom. The summed E-state index contributed by atoms with van der Waals surface area (Å²) in [5.74, 6) is 0.936. The summed E-state index contributed by atoms with van der Waals surface area (Å²) in [7, 11) is 1.16. The zero-order valence-corrected chi connectivity index (χ0v) is 9.01. The maximum Gasteiger partial charge on any atom is 0.238 e. The summed E-state index contributed by atoms with van der Waals surface area (Å²) in [5.41, 5.74) is 2.03. The number of hydrogen-bond donors (Lipinski definition) is 0. The van der Waals surface area contributed by atoms with Crippen molar-refractivity contribution in [3.8, 4) is 0 Å². The predicted molar refractivity (Wildman–Crippen MR) is 54.3 cm³/mol. The Labute approximate surface area is 77.5 Å². The first kappa shape index (κ1) is 10.0. The maximum absolute atomic E-state index is 5.39. The van der Waals surface area contributed by atoms with Crippen molar-refractivity contribution in [2.24, 2.45) is 5.92 Å². The van der Waals surface area contributed by atoms with Crippen LogP contribution >= 0.6 is 0 Å². The topological polar surface area (TPSA) is 9.23 Å². The van der Waals surface area contributed by atoms with Crippen LogP contribution in [-0.2, 0) is 4.43 Å². The fourth-order valence-electron chi connectivity index (χ4n) is 1.93. The minimum absolute atomic E-state index is 0.658. The second-order valence-corrected chi connectivity index (χ2v) is 5.74. The summed E-state index contributed by atoms with van der Waals surface area (Å²) in [4.78, 5) is 0. The van der Waals surface area contributed by atoms with Crippen LogP contribution in [-0.4, -0.2) is 16.2 Å². The van der Waals surface area contributed by atoms with E-state index in [-0.39, 0.29) is 0 Å². The molecule has 0 amide bonds. The van der Waals surface area contributed by atoms with Gasteiger partial charge in [-0.15, -0.1) is 6.58 Å². The van der Waals surface area contributed by atoms with Gasteiger partial charge in [0.2, 0.25) is 9.04 Å². The van der Waals surface area contributed by atoms with Crippen LogP contribution in [0, 0.1) is 5.92 Å². The van der Waals surface area contributed by atoms with Gasteiger partial charge in [-0.25, -0.2) is 0 Å². The highest BCUT2D eigenvalue weighted by Crippen LogP contribution is 2.27. The van der Waals surface area contributed by atoms with E-state index in [0.717, 1.165) is 5.92 Å². The molecular weight excluding hydrogens is 164 g/mol. The minimum Gasteiger partial charge on any atom is -0.415 e. The van der Waals surface area contributed by atoms with Crippen LogP contribution in [0.4, 0.5) is 0 Å². The van der Waals surface area contributed by atoms with Crippen molar-refractivity contribution in [3.05, 3.63) is 12.3 Å². The average Bonchev–Trinajstić information content (AvgIpc) is 2.16. The molecule has 0 heterocycles. The third kappa shape index (κ3) is 3.11. The van der Waals surface area contributed by atoms with E-state index >= 15 is 0 Å². The summed E-state index contributed by atoms with van der Waals surface area (Å²) in [6, 6.07) is 1.28. The van der Waals surface area contributed by atoms with Crippen LogP contribution in [0.3, 0.4) is 0 Å². The van der Waals surface area contributed by atoms with Gasteiger partial charge in [0.25, 0.3) is 0 Å². The zero-order chi connectivity index (χ0) is 8.81. The van der Waals surface area contributed by atoms with Crippen molar-refractivity contribution in [1.82, 2.24) is 0 Å². The molecule has 1 aliphatic rings. The van der Waals surface area contributed by atoms with E-state index in [1.54, 1.807) is 0 Å². The van der Waals surface area contributed by atoms with E-state index in [1.807, 2.05) is 12.8 Å². The van der Waals surface area contributed by atoms with Gasteiger partial charge in [0.15, 0.2) is 0 Å². The van der Waals surface area contributed by atoms with Crippen LogP contribution in [0.5, 0.6) is 0 Å². The summed E-state index contributed by atoms with van der Waals surface area (Å²) in [6.07, 6.45) is 7.15. The molecule has 0 aromatic carbocycles. The number of rotatable bonds is 4. The van der Waals surface area contributed by atoms with Gasteiger partial charge < -0.3 is 4.43 Å². The Kier molecular flexibility index (Phi) is 4.62. The molecule has 0 atom stereocenters. The molecule has 1 radical (unpaired) electrons. The molecule has 1 aliphatic carbocycles. The molecule has 0 bridgehead atoms. The van der Waals surface area contributed by atoms with Crippen LogP contribution in [0.15, 0.2) is 12.3 Å². The molecule has 1 fully saturated rings. The van der Waals surface area contributed by atoms with Gasteiger partial charge in [-0.05, 0) is 12.0 Å². The normalized spacial score (nSPS) is 19.8. The highest BCUT2D eigenvalue weighted by atomic mass is 28.3. The lowest BCUT2D eigenvalue weighted by Gasteiger charge is -2.22. The first-order chi connectivity index (χ1) is 5.86. The SMILES string of the molecule is C=C[Si](CC1CCCCC1)OC. The molecule has 69 valence electrons. The quantitative estimate of drug-likeness (QED) is 0.609. The lowest BCUT2D eigenvalue weighted by Crippen LogP contribution is -2.19. The first-order valence-corrected chi connectivity index (χ1v) is 6.58. The molecule has 1 rings (SSSR count). The van der Waals surface area contributed by atoms with Gasteiger partial charge >= 0.3 is 0 Å². The Balaban J connectivity index is 2.22. The number of hydrogen-bond acceptors (Lipinski definition) is 1. The molecular formula is C10H19OSi. The Hall–Kier alpha value is -0.0831. The van der Waals surface area contributed by atoms with Crippen molar-refractivity contribution in [3.63, 3.8) is 0 Å². The molecule has 0 aromatic heterocycles. The standard InChI is InChI=1S/C10H19OSi/c1-3-12(11-2)9-10-7-5-4-6-8-10/h3,10H,1,4-9H2,2H3. The van der Waals surface area contributed by atoms with Crippen LogP contribution in [0.2, 0.25) is 6.04 Å². The second-order valence-electron chi connectivity index (χ2n) is 3.58. The van der Waals surface area contributed by atoms with Gasteiger partial charge in [-0.2, -0.15) is 0 Å². The highest BCUT2D eigenvalue weighted by Gasteiger charge is 2.18. The van der Waals surface area contributed by atoms with E-state index in [4.69, 9.17) is 4.43 Å². The summed E-state index contributed by atoms with van der Waals surface area (Å²) < 4.78 is 5.39. The predicted octanol–water partition coefficient (Wildman–Crippen LogP) is 2.93. The van der Waals surface area contributed by atoms with Crippen LogP contribution in [0.25, 0.3) is 0 Å². The monoisotopic (exact) mass is 183 g/mol. The van der Waals surface area contributed by atoms with Gasteiger partial charge in [0, 0.05) is 7.11 Å². The van der Waals surface area contributed by atoms with E-state index in [1.165, 1.54) is 38.1 Å². The smallest absolute Gasteiger partial charge is 0.238 e. The minimum atomic E-state index is -0.658. The molecule has 0 aliphatic heterocycles. The molecule has 0 spiro atoms. The maximum atomic E-state index is 5.39. The molecule has 0 aromatic rings. The van der Waals surface area contributed by atoms with Crippen molar-refractivity contribution < 1.29 is 4.43 Å². The van der Waals surface area contributed by atoms with E-state index < -0.39 is 9.04 Å². The third-order valence-electron chi connectivity index (χ3n) is 2.70. The fourth-order valence-corrected chi connectivity index (χ4v) is 3.40. The summed E-state index contributed by atoms with van der Waals surface area (Å²) in [6.45, 7) is 3.82. The van der Waals surface area contributed by atoms with Crippen LogP contribution < -0.4 is 0 Å². The second kappa shape index (κ2) is 5.54. The van der Waals surface area contributed by atoms with Crippen molar-refractivity contribution in [2.75, 3.05) is 7.11 Å². The van der Waals surface area contributed by atoms with E-state index in [2.05, 4.69) is 6.58 Å². The fraction of sp³-hybridized carbons (Fsp3) is 0.800. The molecule has 0 unspecified atom stereocenters. The van der Waals surface area contributed by atoms with Crippen molar-refractivity contribution in [1.29, 1.82) is 0 Å². The van der Waals surface area contributed by atoms with E-state index in [0.29, 0.717) is 0 Å². The van der Waals surface area contributed by atoms with Crippen molar-refractivity contribution in [2.45, 2.75) is 38.1 Å². The molecule has 12 heavy (non-hydrogen) atoms. The third-order valence-corrected chi connectivity index (χ3v) is 4.66. The lowest BCUT2D eigenvalue weighted by molar-refractivity contribution is 0.359. The zero-order valence-electron chi connectivity index (χ0n) is 8.01. The molecule has 1 saturated carbocycles. The van der Waals surface area contributed by atoms with E-state index in [9.17, 15) is 0 Å². The summed E-state index contributed by atoms with van der Waals surface area (Å²) >= 11 is 0. The van der Waals surface area contributed by atoms with Gasteiger partial charge in [0.1, 0.15) is 0 Å².